The van der Waals surface area contributed by atoms with E-state index in [1.807, 2.05) is 4.68 Å². The molecule has 0 unspecified atom stereocenters. The molecule has 7 heteroatoms. The molecular weight excluding hydrogens is 296 g/mol. The number of hydrogen-bond acceptors (Lipinski definition) is 4. The molecule has 1 amide bonds. The van der Waals surface area contributed by atoms with Gasteiger partial charge in [0.05, 0.1) is 23.6 Å². The highest BCUT2D eigenvalue weighted by Gasteiger charge is 2.20. The summed E-state index contributed by atoms with van der Waals surface area (Å²) in [5.74, 6) is 0.558. The van der Waals surface area contributed by atoms with E-state index in [0.29, 0.717) is 11.9 Å². The average molecular weight is 314 g/mol. The number of nitrogens with one attached hydrogen (secondary N) is 1. The highest BCUT2D eigenvalue weighted by molar-refractivity contribution is 5.91. The second-order valence-electron chi connectivity index (χ2n) is 5.75. The number of carbonyl (C=O) groups excluding carboxylic acids is 1. The van der Waals surface area contributed by atoms with Gasteiger partial charge in [0.2, 0.25) is 5.91 Å². The van der Waals surface area contributed by atoms with Gasteiger partial charge in [-0.2, -0.15) is 5.10 Å². The zero-order valence-electron chi connectivity index (χ0n) is 12.6. The molecule has 1 aliphatic rings. The van der Waals surface area contributed by atoms with Crippen molar-refractivity contribution in [3.63, 3.8) is 0 Å². The molecule has 3 rings (SSSR count). The first-order valence-electron chi connectivity index (χ1n) is 7.70. The molecule has 120 valence electrons. The van der Waals surface area contributed by atoms with Crippen molar-refractivity contribution < 1.29 is 9.72 Å². The summed E-state index contributed by atoms with van der Waals surface area (Å²) in [7, 11) is 0. The highest BCUT2D eigenvalue weighted by Crippen LogP contribution is 2.31. The van der Waals surface area contributed by atoms with E-state index < -0.39 is 4.92 Å². The lowest BCUT2D eigenvalue weighted by molar-refractivity contribution is -0.384. The number of nitro benzene ring substituents is 1. The predicted octanol–water partition coefficient (Wildman–Crippen LogP) is 3.09. The minimum Gasteiger partial charge on any atom is -0.311 e. The lowest BCUT2D eigenvalue weighted by Gasteiger charge is -2.14. The Morgan fingerprint density at radius 2 is 1.96 bits per heavy atom. The molecule has 1 aromatic carbocycles. The molecular formula is C16H18N4O3. The third kappa shape index (κ3) is 3.56. The van der Waals surface area contributed by atoms with Crippen LogP contribution in [-0.2, 0) is 11.2 Å². The molecule has 2 aromatic rings. The third-order valence-corrected chi connectivity index (χ3v) is 4.12. The van der Waals surface area contributed by atoms with Crippen LogP contribution >= 0.6 is 0 Å². The zero-order chi connectivity index (χ0) is 16.2. The van der Waals surface area contributed by atoms with Crippen LogP contribution in [0.2, 0.25) is 0 Å². The van der Waals surface area contributed by atoms with Crippen molar-refractivity contribution in [3.8, 4) is 0 Å². The molecule has 23 heavy (non-hydrogen) atoms. The summed E-state index contributed by atoms with van der Waals surface area (Å²) in [5.41, 5.74) is 0.758. The topological polar surface area (TPSA) is 90.1 Å². The van der Waals surface area contributed by atoms with E-state index in [1.165, 1.54) is 25.0 Å². The standard InChI is InChI=1S/C16H18N4O3/c21-16(11-12-5-7-14(8-6-12)20(22)23)18-15-9-10-17-19(15)13-3-1-2-4-13/h5-10,13H,1-4,11H2,(H,18,21). The van der Waals surface area contributed by atoms with E-state index >= 15 is 0 Å². The average Bonchev–Trinajstić information content (AvgIpc) is 3.18. The minimum absolute atomic E-state index is 0.0217. The van der Waals surface area contributed by atoms with Gasteiger partial charge in [-0.05, 0) is 18.4 Å². The fourth-order valence-electron chi connectivity index (χ4n) is 2.96. The summed E-state index contributed by atoms with van der Waals surface area (Å²) in [5, 5.41) is 17.8. The maximum atomic E-state index is 12.2. The number of nitrogens with zero attached hydrogens (tertiary/aromatic N) is 3. The smallest absolute Gasteiger partial charge is 0.269 e. The Morgan fingerprint density at radius 3 is 2.61 bits per heavy atom. The number of carbonyl (C=O) groups is 1. The lowest BCUT2D eigenvalue weighted by Crippen LogP contribution is -2.19. The summed E-state index contributed by atoms with van der Waals surface area (Å²) in [4.78, 5) is 22.4. The first-order chi connectivity index (χ1) is 11.1. The van der Waals surface area contributed by atoms with Crippen molar-refractivity contribution in [3.05, 3.63) is 52.2 Å². The van der Waals surface area contributed by atoms with Crippen LogP contribution in [0.3, 0.4) is 0 Å². The van der Waals surface area contributed by atoms with Crippen molar-refractivity contribution in [2.75, 3.05) is 5.32 Å². The molecule has 1 heterocycles. The van der Waals surface area contributed by atoms with E-state index in [0.717, 1.165) is 18.4 Å². The Labute approximate surface area is 133 Å². The molecule has 7 nitrogen and oxygen atoms in total. The van der Waals surface area contributed by atoms with E-state index in [4.69, 9.17) is 0 Å². The van der Waals surface area contributed by atoms with Crippen LogP contribution in [0, 0.1) is 10.1 Å². The molecule has 1 saturated carbocycles. The highest BCUT2D eigenvalue weighted by atomic mass is 16.6. The number of anilines is 1. The monoisotopic (exact) mass is 314 g/mol. The van der Waals surface area contributed by atoms with Gasteiger partial charge in [-0.1, -0.05) is 25.0 Å². The lowest BCUT2D eigenvalue weighted by atomic mass is 10.1. The van der Waals surface area contributed by atoms with Gasteiger partial charge >= 0.3 is 0 Å². The quantitative estimate of drug-likeness (QED) is 0.678. The van der Waals surface area contributed by atoms with E-state index in [1.54, 1.807) is 24.4 Å². The van der Waals surface area contributed by atoms with Gasteiger partial charge in [-0.3, -0.25) is 14.9 Å². The Bertz CT molecular complexity index is 702. The maximum absolute atomic E-state index is 12.2. The molecule has 0 aliphatic heterocycles. The number of rotatable bonds is 5. The molecule has 0 spiro atoms. The summed E-state index contributed by atoms with van der Waals surface area (Å²) in [6.07, 6.45) is 6.44. The predicted molar refractivity (Wildman–Crippen MR) is 85.2 cm³/mol. The SMILES string of the molecule is O=C(Cc1ccc([N+](=O)[O-])cc1)Nc1ccnn1C1CCCC1. The van der Waals surface area contributed by atoms with Gasteiger partial charge in [-0.15, -0.1) is 0 Å². The van der Waals surface area contributed by atoms with E-state index in [2.05, 4.69) is 10.4 Å². The molecule has 0 saturated heterocycles. The molecule has 0 radical (unpaired) electrons. The van der Waals surface area contributed by atoms with Crippen molar-refractivity contribution in [2.45, 2.75) is 38.1 Å². The Kier molecular flexibility index (Phi) is 4.36. The van der Waals surface area contributed by atoms with Gasteiger partial charge in [0.25, 0.3) is 5.69 Å². The maximum Gasteiger partial charge on any atom is 0.269 e. The first-order valence-corrected chi connectivity index (χ1v) is 7.70. The van der Waals surface area contributed by atoms with Crippen molar-refractivity contribution in [2.24, 2.45) is 0 Å². The molecule has 1 aliphatic carbocycles. The number of hydrogen-bond donors (Lipinski definition) is 1. The molecule has 1 aromatic heterocycles. The molecule has 0 atom stereocenters. The zero-order valence-corrected chi connectivity index (χ0v) is 12.6. The van der Waals surface area contributed by atoms with Gasteiger partial charge < -0.3 is 5.32 Å². The summed E-state index contributed by atoms with van der Waals surface area (Å²) in [6, 6.07) is 8.18. The second-order valence-corrected chi connectivity index (χ2v) is 5.75. The van der Waals surface area contributed by atoms with Crippen LogP contribution in [0.1, 0.15) is 37.3 Å². The summed E-state index contributed by atoms with van der Waals surface area (Å²) < 4.78 is 1.89. The van der Waals surface area contributed by atoms with Gasteiger partial charge in [0.15, 0.2) is 0 Å². The number of nitro groups is 1. The van der Waals surface area contributed by atoms with E-state index in [9.17, 15) is 14.9 Å². The van der Waals surface area contributed by atoms with Crippen molar-refractivity contribution >= 4 is 17.4 Å². The van der Waals surface area contributed by atoms with Crippen LogP contribution < -0.4 is 5.32 Å². The Balaban J connectivity index is 1.63. The summed E-state index contributed by atoms with van der Waals surface area (Å²) >= 11 is 0. The first kappa shape index (κ1) is 15.2. The summed E-state index contributed by atoms with van der Waals surface area (Å²) in [6.45, 7) is 0. The fraction of sp³-hybridized carbons (Fsp3) is 0.375. The Hall–Kier alpha value is -2.70. The van der Waals surface area contributed by atoms with Crippen molar-refractivity contribution in [1.29, 1.82) is 0 Å². The van der Waals surface area contributed by atoms with Gasteiger partial charge in [0.1, 0.15) is 5.82 Å². The van der Waals surface area contributed by atoms with Crippen LogP contribution in [0.15, 0.2) is 36.5 Å². The normalized spacial score (nSPS) is 14.8. The fourth-order valence-corrected chi connectivity index (χ4v) is 2.96. The number of non-ortho nitro benzene ring substituents is 1. The number of benzene rings is 1. The number of amides is 1. The largest absolute Gasteiger partial charge is 0.311 e. The van der Waals surface area contributed by atoms with E-state index in [-0.39, 0.29) is 18.0 Å². The van der Waals surface area contributed by atoms with Gasteiger partial charge in [-0.25, -0.2) is 4.68 Å². The minimum atomic E-state index is -0.454. The van der Waals surface area contributed by atoms with Crippen LogP contribution in [0.4, 0.5) is 11.5 Å². The van der Waals surface area contributed by atoms with Crippen LogP contribution in [-0.4, -0.2) is 20.6 Å². The molecule has 1 fully saturated rings. The van der Waals surface area contributed by atoms with Crippen LogP contribution in [0.25, 0.3) is 0 Å². The number of aromatic nitrogens is 2. The van der Waals surface area contributed by atoms with Crippen molar-refractivity contribution in [1.82, 2.24) is 9.78 Å². The second kappa shape index (κ2) is 6.60. The van der Waals surface area contributed by atoms with Crippen LogP contribution in [0.5, 0.6) is 0 Å². The molecule has 1 N–H and O–H groups in total. The van der Waals surface area contributed by atoms with Gasteiger partial charge in [0, 0.05) is 18.2 Å². The Morgan fingerprint density at radius 1 is 1.26 bits per heavy atom. The molecule has 0 bridgehead atoms. The third-order valence-electron chi connectivity index (χ3n) is 4.12.